The van der Waals surface area contributed by atoms with Crippen molar-refractivity contribution in [2.75, 3.05) is 23.1 Å². The van der Waals surface area contributed by atoms with Gasteiger partial charge in [-0.15, -0.1) is 11.8 Å². The summed E-state index contributed by atoms with van der Waals surface area (Å²) in [6, 6.07) is 15.4. The third-order valence-corrected chi connectivity index (χ3v) is 7.39. The van der Waals surface area contributed by atoms with Gasteiger partial charge in [-0.3, -0.25) is 14.5 Å². The molecule has 1 heterocycles. The SMILES string of the molecule is CCCCCCCCCCCC(=O)Nc1cccc([C@H]2SCC(=O)N2c2ccc(OC)cc2)c1. The molecule has 6 heteroatoms. The predicted octanol–water partition coefficient (Wildman–Crippen LogP) is 7.33. The Hall–Kier alpha value is -2.47. The standard InChI is InChI=1S/C28H38N2O3S/c1-3-4-5-6-7-8-9-10-11-15-26(31)29-23-14-12-13-22(20-23)28-30(27(32)21-34-28)24-16-18-25(33-2)19-17-24/h12-14,16-20,28H,3-11,15,21H2,1-2H3,(H,29,31)/t28-/m1/s1. The number of ether oxygens (including phenoxy) is 1. The molecule has 0 bridgehead atoms. The van der Waals surface area contributed by atoms with Gasteiger partial charge < -0.3 is 10.1 Å². The second-order valence-corrected chi connectivity index (χ2v) is 9.95. The molecule has 2 aromatic rings. The van der Waals surface area contributed by atoms with E-state index in [1.165, 1.54) is 44.9 Å². The van der Waals surface area contributed by atoms with Gasteiger partial charge in [0, 0.05) is 17.8 Å². The van der Waals surface area contributed by atoms with Crippen LogP contribution in [0.4, 0.5) is 11.4 Å². The van der Waals surface area contributed by atoms with Crippen molar-refractivity contribution in [3.05, 3.63) is 54.1 Å². The molecule has 0 saturated carbocycles. The molecule has 1 saturated heterocycles. The van der Waals surface area contributed by atoms with Crippen LogP contribution in [0.15, 0.2) is 48.5 Å². The topological polar surface area (TPSA) is 58.6 Å². The molecule has 2 aromatic carbocycles. The zero-order valence-electron chi connectivity index (χ0n) is 20.6. The number of nitrogens with zero attached hydrogens (tertiary/aromatic N) is 1. The lowest BCUT2D eigenvalue weighted by molar-refractivity contribution is -0.117. The van der Waals surface area contributed by atoms with Crippen molar-refractivity contribution in [3.8, 4) is 5.75 Å². The maximum absolute atomic E-state index is 12.6. The Morgan fingerprint density at radius 1 is 1.00 bits per heavy atom. The Labute approximate surface area is 208 Å². The first-order valence-electron chi connectivity index (χ1n) is 12.6. The minimum absolute atomic E-state index is 0.0576. The van der Waals surface area contributed by atoms with E-state index in [1.54, 1.807) is 18.9 Å². The third-order valence-electron chi connectivity index (χ3n) is 6.18. The molecule has 5 nitrogen and oxygen atoms in total. The van der Waals surface area contributed by atoms with Crippen LogP contribution in [-0.4, -0.2) is 24.7 Å². The Bertz CT molecular complexity index is 916. The van der Waals surface area contributed by atoms with Gasteiger partial charge in [-0.2, -0.15) is 0 Å². The zero-order valence-corrected chi connectivity index (χ0v) is 21.4. The van der Waals surface area contributed by atoms with Crippen molar-refractivity contribution >= 4 is 35.0 Å². The summed E-state index contributed by atoms with van der Waals surface area (Å²) >= 11 is 1.60. The predicted molar refractivity (Wildman–Crippen MR) is 143 cm³/mol. The second kappa shape index (κ2) is 14.1. The Kier molecular flexibility index (Phi) is 10.8. The van der Waals surface area contributed by atoms with E-state index in [-0.39, 0.29) is 17.2 Å². The number of carbonyl (C=O) groups is 2. The van der Waals surface area contributed by atoms with Gasteiger partial charge in [-0.1, -0.05) is 70.4 Å². The molecule has 1 aliphatic heterocycles. The number of thioether (sulfide) groups is 1. The average Bonchev–Trinajstić information content (AvgIpc) is 3.24. The molecule has 1 fully saturated rings. The van der Waals surface area contributed by atoms with Gasteiger partial charge in [-0.25, -0.2) is 0 Å². The number of methoxy groups -OCH3 is 1. The van der Waals surface area contributed by atoms with E-state index in [4.69, 9.17) is 4.74 Å². The van der Waals surface area contributed by atoms with E-state index in [9.17, 15) is 9.59 Å². The maximum atomic E-state index is 12.6. The molecule has 1 N–H and O–H groups in total. The molecule has 0 unspecified atom stereocenters. The molecule has 1 aliphatic rings. The first-order valence-corrected chi connectivity index (χ1v) is 13.6. The minimum atomic E-state index is -0.116. The molecule has 0 aromatic heterocycles. The second-order valence-electron chi connectivity index (χ2n) is 8.88. The van der Waals surface area contributed by atoms with Crippen molar-refractivity contribution in [1.29, 1.82) is 0 Å². The molecule has 34 heavy (non-hydrogen) atoms. The van der Waals surface area contributed by atoms with Gasteiger partial charge >= 0.3 is 0 Å². The first kappa shape index (κ1) is 26.1. The van der Waals surface area contributed by atoms with Gasteiger partial charge in [0.15, 0.2) is 0 Å². The number of hydrogen-bond acceptors (Lipinski definition) is 4. The number of rotatable bonds is 14. The molecule has 1 atom stereocenters. The molecule has 184 valence electrons. The van der Waals surface area contributed by atoms with Crippen molar-refractivity contribution in [1.82, 2.24) is 0 Å². The van der Waals surface area contributed by atoms with Crippen LogP contribution in [-0.2, 0) is 9.59 Å². The lowest BCUT2D eigenvalue weighted by Crippen LogP contribution is -2.27. The van der Waals surface area contributed by atoms with Crippen LogP contribution in [0.3, 0.4) is 0 Å². The van der Waals surface area contributed by atoms with Crippen LogP contribution in [0, 0.1) is 0 Å². The fraction of sp³-hybridized carbons (Fsp3) is 0.500. The smallest absolute Gasteiger partial charge is 0.238 e. The lowest BCUT2D eigenvalue weighted by atomic mass is 10.1. The van der Waals surface area contributed by atoms with Crippen molar-refractivity contribution in [2.24, 2.45) is 0 Å². The van der Waals surface area contributed by atoms with E-state index in [0.29, 0.717) is 12.2 Å². The first-order chi connectivity index (χ1) is 16.6. The average molecular weight is 483 g/mol. The fourth-order valence-electron chi connectivity index (χ4n) is 4.28. The summed E-state index contributed by atoms with van der Waals surface area (Å²) in [6.45, 7) is 2.24. The molecule has 3 rings (SSSR count). The highest BCUT2D eigenvalue weighted by molar-refractivity contribution is 8.00. The number of benzene rings is 2. The summed E-state index contributed by atoms with van der Waals surface area (Å²) in [6.07, 6.45) is 11.7. The zero-order chi connectivity index (χ0) is 24.2. The van der Waals surface area contributed by atoms with Crippen molar-refractivity contribution in [3.63, 3.8) is 0 Å². The van der Waals surface area contributed by atoms with E-state index in [0.717, 1.165) is 35.5 Å². The van der Waals surface area contributed by atoms with E-state index < -0.39 is 0 Å². The minimum Gasteiger partial charge on any atom is -0.497 e. The van der Waals surface area contributed by atoms with E-state index in [2.05, 4.69) is 12.2 Å². The van der Waals surface area contributed by atoms with Gasteiger partial charge in [0.25, 0.3) is 0 Å². The fourth-order valence-corrected chi connectivity index (χ4v) is 5.45. The summed E-state index contributed by atoms with van der Waals surface area (Å²) in [7, 11) is 1.63. The number of unbranched alkanes of at least 4 members (excludes halogenated alkanes) is 8. The number of hydrogen-bond donors (Lipinski definition) is 1. The summed E-state index contributed by atoms with van der Waals surface area (Å²) < 4.78 is 5.24. The Morgan fingerprint density at radius 2 is 1.68 bits per heavy atom. The lowest BCUT2D eigenvalue weighted by Gasteiger charge is -2.25. The third kappa shape index (κ3) is 7.79. The van der Waals surface area contributed by atoms with Crippen LogP contribution in [0.5, 0.6) is 5.75 Å². The normalized spacial score (nSPS) is 15.5. The van der Waals surface area contributed by atoms with E-state index in [1.807, 2.05) is 53.4 Å². The number of amides is 2. The van der Waals surface area contributed by atoms with Crippen molar-refractivity contribution < 1.29 is 14.3 Å². The molecule has 0 spiro atoms. The highest BCUT2D eigenvalue weighted by atomic mass is 32.2. The number of carbonyl (C=O) groups excluding carboxylic acids is 2. The summed E-state index contributed by atoms with van der Waals surface area (Å²) in [5.74, 6) is 1.34. The van der Waals surface area contributed by atoms with Gasteiger partial charge in [0.05, 0.1) is 12.9 Å². The summed E-state index contributed by atoms with van der Waals surface area (Å²) in [4.78, 5) is 26.9. The van der Waals surface area contributed by atoms with Crippen LogP contribution in [0.25, 0.3) is 0 Å². The number of anilines is 2. The molecule has 2 amide bonds. The molecular weight excluding hydrogens is 444 g/mol. The van der Waals surface area contributed by atoms with E-state index >= 15 is 0 Å². The molecular formula is C28H38N2O3S. The highest BCUT2D eigenvalue weighted by Crippen LogP contribution is 2.42. The molecule has 0 aliphatic carbocycles. The van der Waals surface area contributed by atoms with Gasteiger partial charge in [-0.05, 0) is 48.4 Å². The van der Waals surface area contributed by atoms with Crippen LogP contribution >= 0.6 is 11.8 Å². The largest absolute Gasteiger partial charge is 0.497 e. The molecule has 0 radical (unpaired) electrons. The summed E-state index contributed by atoms with van der Waals surface area (Å²) in [5, 5.41) is 2.93. The Morgan fingerprint density at radius 3 is 2.35 bits per heavy atom. The van der Waals surface area contributed by atoms with Gasteiger partial charge in [0.1, 0.15) is 11.1 Å². The number of nitrogens with one attached hydrogen (secondary N) is 1. The highest BCUT2D eigenvalue weighted by Gasteiger charge is 2.34. The van der Waals surface area contributed by atoms with Crippen LogP contribution in [0.2, 0.25) is 0 Å². The van der Waals surface area contributed by atoms with Crippen LogP contribution < -0.4 is 15.0 Å². The quantitative estimate of drug-likeness (QED) is 0.286. The van der Waals surface area contributed by atoms with Crippen molar-refractivity contribution in [2.45, 2.75) is 76.5 Å². The van der Waals surface area contributed by atoms with Gasteiger partial charge in [0.2, 0.25) is 11.8 Å². The summed E-state index contributed by atoms with van der Waals surface area (Å²) in [5.41, 5.74) is 2.64. The Balaban J connectivity index is 1.49. The maximum Gasteiger partial charge on any atom is 0.238 e. The van der Waals surface area contributed by atoms with Crippen LogP contribution in [0.1, 0.15) is 82.1 Å². The monoisotopic (exact) mass is 482 g/mol.